The molecule has 8 rings (SSSR count). The molecule has 2 aliphatic carbocycles. The smallest absolute Gasteiger partial charge is 0.316 e. The number of carbonyl (C=O) groups excluding carboxylic acids is 1. The van der Waals surface area contributed by atoms with E-state index in [1.54, 1.807) is 40.2 Å². The number of aliphatic hydroxyl groups is 3. The highest BCUT2D eigenvalue weighted by Crippen LogP contribution is 2.48. The normalized spacial score (nSPS) is 49.2. The standard InChI is InChI=1S/C50H74O14/c1-27-13-12-16-34-26-57-47-42(51)30(4)21-37(50(34,47)54)48(53)60-36-22-35(63-49(25-36)20-19-29(3)45(64-49)33-14-10-9-11-15-33)18-17-28(2)44(27)61-41-24-39(56-8)46(32(6)59-41)62-40-23-38(55-7)43(52)31(5)58-40/h12-13,16-17,19-21,27,29,31-33,35-47,51-52,54H,9-11,14-15,18,22-26H2,1-8H3/b13-12+,28-17+,34-16+/t27-,29-,31-,32-,35+,36-,37-,38?,39-,40-,41-,42+,43-,44-,45-,46-,47+,49+,50+/m0/s1. The van der Waals surface area contributed by atoms with Crippen molar-refractivity contribution >= 4 is 5.97 Å². The molecule has 19 atom stereocenters. The molecule has 0 aromatic heterocycles. The highest BCUT2D eigenvalue weighted by atomic mass is 16.7. The first-order chi connectivity index (χ1) is 30.6. The van der Waals surface area contributed by atoms with E-state index in [0.29, 0.717) is 49.2 Å². The molecule has 6 heterocycles. The van der Waals surface area contributed by atoms with Crippen molar-refractivity contribution in [1.29, 1.82) is 0 Å². The summed E-state index contributed by atoms with van der Waals surface area (Å²) in [5.41, 5.74) is 0.166. The molecule has 0 radical (unpaired) electrons. The van der Waals surface area contributed by atoms with Crippen molar-refractivity contribution in [3.05, 3.63) is 59.3 Å². The number of ether oxygens (including phenoxy) is 10. The minimum atomic E-state index is -1.83. The van der Waals surface area contributed by atoms with E-state index in [1.807, 2.05) is 25.2 Å². The van der Waals surface area contributed by atoms with Gasteiger partial charge >= 0.3 is 5.97 Å². The second kappa shape index (κ2) is 20.1. The number of fused-ring (bicyclic) bond motifs is 2. The Kier molecular flexibility index (Phi) is 15.1. The lowest BCUT2D eigenvalue weighted by Gasteiger charge is -2.49. The Hall–Kier alpha value is -2.31. The van der Waals surface area contributed by atoms with E-state index in [9.17, 15) is 20.1 Å². The number of allylic oxidation sites excluding steroid dienone is 2. The van der Waals surface area contributed by atoms with Gasteiger partial charge in [0.2, 0.25) is 0 Å². The highest BCUT2D eigenvalue weighted by molar-refractivity contribution is 5.78. The van der Waals surface area contributed by atoms with Gasteiger partial charge in [-0.15, -0.1) is 0 Å². The summed E-state index contributed by atoms with van der Waals surface area (Å²) >= 11 is 0. The fourth-order valence-electron chi connectivity index (χ4n) is 11.7. The number of aliphatic hydroxyl groups excluding tert-OH is 2. The van der Waals surface area contributed by atoms with Gasteiger partial charge in [-0.3, -0.25) is 4.79 Å². The first kappa shape index (κ1) is 48.2. The van der Waals surface area contributed by atoms with Gasteiger partial charge in [-0.05, 0) is 75.7 Å². The average Bonchev–Trinajstić information content (AvgIpc) is 3.62. The Morgan fingerprint density at radius 3 is 2.28 bits per heavy atom. The Labute approximate surface area is 379 Å². The number of hydrogen-bond donors (Lipinski definition) is 3. The van der Waals surface area contributed by atoms with Gasteiger partial charge in [0.25, 0.3) is 0 Å². The molecule has 1 saturated carbocycles. The van der Waals surface area contributed by atoms with Gasteiger partial charge in [0, 0.05) is 51.7 Å². The molecule has 0 amide bonds. The van der Waals surface area contributed by atoms with Crippen LogP contribution in [0.4, 0.5) is 0 Å². The molecule has 14 nitrogen and oxygen atoms in total. The zero-order valence-corrected chi connectivity index (χ0v) is 39.0. The van der Waals surface area contributed by atoms with Crippen LogP contribution in [0.5, 0.6) is 0 Å². The molecule has 6 aliphatic heterocycles. The molecule has 0 aromatic carbocycles. The Morgan fingerprint density at radius 2 is 1.53 bits per heavy atom. The van der Waals surface area contributed by atoms with Crippen LogP contribution in [-0.2, 0) is 52.2 Å². The summed E-state index contributed by atoms with van der Waals surface area (Å²) in [6, 6.07) is 0. The second-order valence-electron chi connectivity index (χ2n) is 20.0. The molecule has 4 saturated heterocycles. The summed E-state index contributed by atoms with van der Waals surface area (Å²) in [7, 11) is 3.23. The molecular weight excluding hydrogens is 825 g/mol. The Bertz CT molecular complexity index is 1790. The van der Waals surface area contributed by atoms with Crippen LogP contribution in [0.3, 0.4) is 0 Å². The molecular formula is C50H74O14. The summed E-state index contributed by atoms with van der Waals surface area (Å²) in [6.07, 6.45) is 13.8. The van der Waals surface area contributed by atoms with Crippen LogP contribution >= 0.6 is 0 Å². The summed E-state index contributed by atoms with van der Waals surface area (Å²) in [6.45, 7) is 11.9. The maximum absolute atomic E-state index is 14.4. The number of carbonyl (C=O) groups is 1. The van der Waals surface area contributed by atoms with E-state index in [1.165, 1.54) is 19.3 Å². The largest absolute Gasteiger partial charge is 0.462 e. The van der Waals surface area contributed by atoms with Crippen molar-refractivity contribution in [2.75, 3.05) is 20.8 Å². The van der Waals surface area contributed by atoms with Crippen LogP contribution in [0.15, 0.2) is 59.3 Å². The first-order valence-electron chi connectivity index (χ1n) is 24.0. The fourth-order valence-corrected chi connectivity index (χ4v) is 11.7. The van der Waals surface area contributed by atoms with Crippen LogP contribution in [0, 0.1) is 23.7 Å². The quantitative estimate of drug-likeness (QED) is 0.204. The van der Waals surface area contributed by atoms with Gasteiger partial charge in [0.1, 0.15) is 42.0 Å². The van der Waals surface area contributed by atoms with Gasteiger partial charge in [-0.25, -0.2) is 0 Å². The van der Waals surface area contributed by atoms with Crippen molar-refractivity contribution in [1.82, 2.24) is 0 Å². The van der Waals surface area contributed by atoms with Crippen LogP contribution < -0.4 is 0 Å². The molecule has 14 heteroatoms. The van der Waals surface area contributed by atoms with Gasteiger partial charge < -0.3 is 62.7 Å². The minimum absolute atomic E-state index is 0.0242. The van der Waals surface area contributed by atoms with Crippen LogP contribution in [-0.4, -0.2) is 139 Å². The summed E-state index contributed by atoms with van der Waals surface area (Å²) in [5, 5.41) is 34.3. The van der Waals surface area contributed by atoms with E-state index in [2.05, 4.69) is 32.9 Å². The monoisotopic (exact) mass is 899 g/mol. The highest BCUT2D eigenvalue weighted by Gasteiger charge is 2.60. The van der Waals surface area contributed by atoms with Crippen molar-refractivity contribution in [3.63, 3.8) is 0 Å². The maximum Gasteiger partial charge on any atom is 0.316 e. The fraction of sp³-hybridized carbons (Fsp3) is 0.780. The number of methoxy groups -OCH3 is 2. The van der Waals surface area contributed by atoms with Crippen molar-refractivity contribution < 1.29 is 67.5 Å². The van der Waals surface area contributed by atoms with Crippen molar-refractivity contribution in [2.24, 2.45) is 23.7 Å². The topological polar surface area (TPSA) is 170 Å². The van der Waals surface area contributed by atoms with Gasteiger partial charge in [-0.2, -0.15) is 0 Å². The zero-order valence-electron chi connectivity index (χ0n) is 39.0. The van der Waals surface area contributed by atoms with E-state index in [-0.39, 0.29) is 36.8 Å². The molecule has 64 heavy (non-hydrogen) atoms. The third-order valence-electron chi connectivity index (χ3n) is 15.4. The number of esters is 1. The lowest BCUT2D eigenvalue weighted by Crippen LogP contribution is -2.58. The summed E-state index contributed by atoms with van der Waals surface area (Å²) in [4.78, 5) is 14.4. The summed E-state index contributed by atoms with van der Waals surface area (Å²) in [5.74, 6) is -2.32. The van der Waals surface area contributed by atoms with Gasteiger partial charge in [-0.1, -0.05) is 69.6 Å². The molecule has 2 bridgehead atoms. The molecule has 8 aliphatic rings. The molecule has 3 N–H and O–H groups in total. The van der Waals surface area contributed by atoms with Crippen LogP contribution in [0.1, 0.15) is 106 Å². The summed E-state index contributed by atoms with van der Waals surface area (Å²) < 4.78 is 64.1. The Balaban J connectivity index is 1.08. The molecule has 0 aromatic rings. The number of rotatable bonds is 7. The minimum Gasteiger partial charge on any atom is -0.462 e. The molecule has 5 fully saturated rings. The van der Waals surface area contributed by atoms with E-state index in [4.69, 9.17) is 47.4 Å². The van der Waals surface area contributed by atoms with E-state index in [0.717, 1.165) is 18.4 Å². The SMILES string of the molecule is COC1C[C@H](O[C@H]2[C@H](C)O[C@@H](O[C@@H]3/C(C)=C/C[C@@H]4C[C@@H](C[C@]5(C=C[C@H](C)[C@@H](C6CCCCC6)O5)O4)OC(=O)[C@@H]4C=C(C)[C@@H](O)[C@H]5OC/C(=C\C=C\[C@@H]3C)[C@]54O)C[C@@H]2OC)O[C@@H](C)[C@@H]1O. The predicted molar refractivity (Wildman–Crippen MR) is 234 cm³/mol. The van der Waals surface area contributed by atoms with Crippen molar-refractivity contribution in [2.45, 2.75) is 203 Å². The van der Waals surface area contributed by atoms with E-state index >= 15 is 0 Å². The lowest BCUT2D eigenvalue weighted by atomic mass is 9.71. The zero-order chi connectivity index (χ0) is 45.5. The molecule has 1 spiro atoms. The van der Waals surface area contributed by atoms with Gasteiger partial charge in [0.15, 0.2) is 18.4 Å². The lowest BCUT2D eigenvalue weighted by molar-refractivity contribution is -0.318. The third-order valence-corrected chi connectivity index (χ3v) is 15.4. The van der Waals surface area contributed by atoms with Crippen molar-refractivity contribution in [3.8, 4) is 0 Å². The maximum atomic E-state index is 14.4. The first-order valence-corrected chi connectivity index (χ1v) is 24.0. The number of hydrogen-bond acceptors (Lipinski definition) is 14. The molecule has 358 valence electrons. The predicted octanol–water partition coefficient (Wildman–Crippen LogP) is 5.91. The molecule has 1 unspecified atom stereocenters. The van der Waals surface area contributed by atoms with Crippen LogP contribution in [0.25, 0.3) is 0 Å². The van der Waals surface area contributed by atoms with Gasteiger partial charge in [0.05, 0.1) is 49.3 Å². The van der Waals surface area contributed by atoms with E-state index < -0.39 is 90.8 Å². The average molecular weight is 899 g/mol. The Morgan fingerprint density at radius 1 is 0.812 bits per heavy atom. The second-order valence-corrected chi connectivity index (χ2v) is 20.0. The third kappa shape index (κ3) is 9.82. The van der Waals surface area contributed by atoms with Crippen LogP contribution in [0.2, 0.25) is 0 Å².